The minimum Gasteiger partial charge on any atom is -0.369 e. The third-order valence-electron chi connectivity index (χ3n) is 1.64. The van der Waals surface area contributed by atoms with Gasteiger partial charge < -0.3 is 15.6 Å². The predicted molar refractivity (Wildman–Crippen MR) is 36.0 cm³/mol. The molecule has 0 aliphatic carbocycles. The summed E-state index contributed by atoms with van der Waals surface area (Å²) in [6, 6.07) is 0. The van der Waals surface area contributed by atoms with Crippen molar-refractivity contribution in [3.05, 3.63) is 0 Å². The molecule has 10 heavy (non-hydrogen) atoms. The number of primary amides is 1. The van der Waals surface area contributed by atoms with Gasteiger partial charge in [0.2, 0.25) is 5.91 Å². The van der Waals surface area contributed by atoms with Crippen molar-refractivity contribution >= 4 is 5.91 Å². The highest BCUT2D eigenvalue weighted by molar-refractivity contribution is 5.77. The maximum absolute atomic E-state index is 10.5. The van der Waals surface area contributed by atoms with Crippen LogP contribution in [0.5, 0.6) is 0 Å². The first kappa shape index (κ1) is 9.39. The minimum atomic E-state index is -1.45. The van der Waals surface area contributed by atoms with Gasteiger partial charge in [-0.2, -0.15) is 0 Å². The van der Waals surface area contributed by atoms with E-state index in [0.29, 0.717) is 0 Å². The molecule has 4 heteroatoms. The summed E-state index contributed by atoms with van der Waals surface area (Å²) in [5.74, 6) is -2.73. The lowest BCUT2D eigenvalue weighted by Crippen LogP contribution is -2.42. The van der Waals surface area contributed by atoms with Gasteiger partial charge in [-0.1, -0.05) is 0 Å². The molecular formula is C6H13NO3. The molecule has 0 aromatic rings. The molecule has 0 aliphatic heterocycles. The third-order valence-corrected chi connectivity index (χ3v) is 1.64. The van der Waals surface area contributed by atoms with Crippen molar-refractivity contribution in [3.8, 4) is 0 Å². The zero-order valence-corrected chi connectivity index (χ0v) is 6.42. The Morgan fingerprint density at radius 1 is 1.80 bits per heavy atom. The summed E-state index contributed by atoms with van der Waals surface area (Å²) in [6.45, 7) is 2.90. The molecule has 0 aliphatic rings. The molecule has 0 fully saturated rings. The Bertz CT molecular complexity index is 133. The van der Waals surface area contributed by atoms with Gasteiger partial charge in [0, 0.05) is 7.11 Å². The molecule has 3 N–H and O–H groups in total. The largest absolute Gasteiger partial charge is 0.369 e. The van der Waals surface area contributed by atoms with Crippen LogP contribution in [0.1, 0.15) is 13.8 Å². The van der Waals surface area contributed by atoms with Gasteiger partial charge in [0.05, 0.1) is 5.92 Å². The highest BCUT2D eigenvalue weighted by Gasteiger charge is 2.31. The quantitative estimate of drug-likeness (QED) is 0.527. The van der Waals surface area contributed by atoms with E-state index in [4.69, 9.17) is 5.73 Å². The van der Waals surface area contributed by atoms with Crippen molar-refractivity contribution in [3.63, 3.8) is 0 Å². The number of aliphatic hydroxyl groups is 1. The van der Waals surface area contributed by atoms with Crippen molar-refractivity contribution in [1.29, 1.82) is 0 Å². The van der Waals surface area contributed by atoms with Crippen molar-refractivity contribution in [2.75, 3.05) is 7.11 Å². The maximum atomic E-state index is 10.5. The molecule has 0 spiro atoms. The molecule has 0 saturated carbocycles. The molecule has 1 amide bonds. The molecular weight excluding hydrogens is 134 g/mol. The standard InChI is InChI=1S/C6H13NO3/c1-4(5(7)8)6(2,9)10-3/h4,9H,1-3H3,(H2,7,8). The number of ether oxygens (including phenoxy) is 1. The Morgan fingerprint density at radius 2 is 2.20 bits per heavy atom. The molecule has 0 rings (SSSR count). The average molecular weight is 147 g/mol. The fraction of sp³-hybridized carbons (Fsp3) is 0.833. The van der Waals surface area contributed by atoms with Gasteiger partial charge in [-0.15, -0.1) is 0 Å². The fourth-order valence-electron chi connectivity index (χ4n) is 0.441. The number of rotatable bonds is 3. The normalized spacial score (nSPS) is 19.6. The van der Waals surface area contributed by atoms with Crippen LogP contribution in [0.3, 0.4) is 0 Å². The first-order chi connectivity index (χ1) is 4.41. The zero-order valence-electron chi connectivity index (χ0n) is 6.42. The minimum absolute atomic E-state index is 0.577. The lowest BCUT2D eigenvalue weighted by Gasteiger charge is -2.25. The number of carbonyl (C=O) groups is 1. The van der Waals surface area contributed by atoms with Gasteiger partial charge in [0.15, 0.2) is 5.79 Å². The summed E-state index contributed by atoms with van der Waals surface area (Å²) < 4.78 is 4.62. The number of hydrogen-bond donors (Lipinski definition) is 2. The SMILES string of the molecule is COC(C)(O)C(C)C(N)=O. The number of nitrogens with two attached hydrogens (primary N) is 1. The van der Waals surface area contributed by atoms with Gasteiger partial charge in [0.25, 0.3) is 0 Å². The Hall–Kier alpha value is -0.610. The first-order valence-corrected chi connectivity index (χ1v) is 2.98. The topological polar surface area (TPSA) is 72.6 Å². The lowest BCUT2D eigenvalue weighted by molar-refractivity contribution is -0.203. The summed E-state index contributed by atoms with van der Waals surface area (Å²) in [5, 5.41) is 9.24. The monoisotopic (exact) mass is 147 g/mol. The second kappa shape index (κ2) is 2.98. The van der Waals surface area contributed by atoms with E-state index in [-0.39, 0.29) is 0 Å². The lowest BCUT2D eigenvalue weighted by atomic mass is 10.0. The van der Waals surface area contributed by atoms with E-state index in [0.717, 1.165) is 0 Å². The van der Waals surface area contributed by atoms with E-state index in [9.17, 15) is 9.90 Å². The van der Waals surface area contributed by atoms with Gasteiger partial charge >= 0.3 is 0 Å². The number of amides is 1. The third kappa shape index (κ3) is 1.97. The maximum Gasteiger partial charge on any atom is 0.225 e. The summed E-state index contributed by atoms with van der Waals surface area (Å²) in [6.07, 6.45) is 0. The Labute approximate surface area is 60.0 Å². The zero-order chi connectivity index (χ0) is 8.36. The molecule has 0 aromatic heterocycles. The molecule has 2 atom stereocenters. The van der Waals surface area contributed by atoms with Crippen LogP contribution in [0.15, 0.2) is 0 Å². The second-order valence-electron chi connectivity index (χ2n) is 2.38. The van der Waals surface area contributed by atoms with Crippen LogP contribution in [0.2, 0.25) is 0 Å². The highest BCUT2D eigenvalue weighted by atomic mass is 16.6. The summed E-state index contributed by atoms with van der Waals surface area (Å²) in [7, 11) is 1.32. The van der Waals surface area contributed by atoms with E-state index in [1.54, 1.807) is 0 Å². The Morgan fingerprint density at radius 3 is 2.30 bits per heavy atom. The molecule has 0 saturated heterocycles. The Kier molecular flexibility index (Phi) is 2.80. The summed E-state index contributed by atoms with van der Waals surface area (Å²) >= 11 is 0. The molecule has 0 radical (unpaired) electrons. The van der Waals surface area contributed by atoms with Gasteiger partial charge in [-0.25, -0.2) is 0 Å². The van der Waals surface area contributed by atoms with Gasteiger partial charge in [0.1, 0.15) is 0 Å². The van der Waals surface area contributed by atoms with Crippen LogP contribution in [0.4, 0.5) is 0 Å². The first-order valence-electron chi connectivity index (χ1n) is 2.98. The van der Waals surface area contributed by atoms with Crippen molar-refractivity contribution in [2.24, 2.45) is 11.7 Å². The van der Waals surface area contributed by atoms with Crippen LogP contribution < -0.4 is 5.73 Å². The van der Waals surface area contributed by atoms with E-state index in [1.807, 2.05) is 0 Å². The predicted octanol–water partition coefficient (Wildman–Crippen LogP) is -0.537. The highest BCUT2D eigenvalue weighted by Crippen LogP contribution is 2.15. The van der Waals surface area contributed by atoms with Crippen LogP contribution in [0, 0.1) is 5.92 Å². The second-order valence-corrected chi connectivity index (χ2v) is 2.38. The smallest absolute Gasteiger partial charge is 0.225 e. The number of methoxy groups -OCH3 is 1. The fourth-order valence-corrected chi connectivity index (χ4v) is 0.441. The number of carbonyl (C=O) groups excluding carboxylic acids is 1. The van der Waals surface area contributed by atoms with E-state index in [1.165, 1.54) is 21.0 Å². The van der Waals surface area contributed by atoms with Crippen molar-refractivity contribution in [1.82, 2.24) is 0 Å². The van der Waals surface area contributed by atoms with E-state index in [2.05, 4.69) is 4.74 Å². The molecule has 0 heterocycles. The van der Waals surface area contributed by atoms with Crippen LogP contribution in [-0.4, -0.2) is 23.9 Å². The van der Waals surface area contributed by atoms with Crippen molar-refractivity contribution in [2.45, 2.75) is 19.6 Å². The number of hydrogen-bond acceptors (Lipinski definition) is 3. The Balaban J connectivity index is 4.17. The summed E-state index contributed by atoms with van der Waals surface area (Å²) in [4.78, 5) is 10.5. The van der Waals surface area contributed by atoms with Crippen LogP contribution in [-0.2, 0) is 9.53 Å². The van der Waals surface area contributed by atoms with Gasteiger partial charge in [-0.3, -0.25) is 4.79 Å². The molecule has 2 unspecified atom stereocenters. The molecule has 60 valence electrons. The van der Waals surface area contributed by atoms with E-state index >= 15 is 0 Å². The molecule has 0 aromatic carbocycles. The van der Waals surface area contributed by atoms with E-state index < -0.39 is 17.6 Å². The average Bonchev–Trinajstić information content (AvgIpc) is 1.86. The van der Waals surface area contributed by atoms with Gasteiger partial charge in [-0.05, 0) is 13.8 Å². The molecule has 4 nitrogen and oxygen atoms in total. The van der Waals surface area contributed by atoms with Crippen LogP contribution in [0.25, 0.3) is 0 Å². The molecule has 0 bridgehead atoms. The van der Waals surface area contributed by atoms with Crippen molar-refractivity contribution < 1.29 is 14.6 Å². The summed E-state index contributed by atoms with van der Waals surface area (Å²) in [5.41, 5.74) is 4.92. The van der Waals surface area contributed by atoms with Crippen LogP contribution >= 0.6 is 0 Å².